The molecular formula is C10H8NO4PS2. The van der Waals surface area contributed by atoms with Crippen LogP contribution in [0, 0.1) is 0 Å². The molecular weight excluding hydrogens is 293 g/mol. The molecule has 0 spiro atoms. The van der Waals surface area contributed by atoms with Gasteiger partial charge in [-0.15, -0.1) is 0 Å². The summed E-state index contributed by atoms with van der Waals surface area (Å²) in [6.45, 7) is 0. The number of thiocarbonyl (C=S) groups is 1. The van der Waals surface area contributed by atoms with E-state index < -0.39 is 7.60 Å². The second kappa shape index (κ2) is 4.95. The number of nitrogens with one attached hydrogen (secondary N) is 1. The maximum absolute atomic E-state index is 11.1. The summed E-state index contributed by atoms with van der Waals surface area (Å²) in [4.78, 5) is 30.0. The van der Waals surface area contributed by atoms with Crippen molar-refractivity contribution in [3.8, 4) is 0 Å². The van der Waals surface area contributed by atoms with Gasteiger partial charge in [-0.1, -0.05) is 24.4 Å². The summed E-state index contributed by atoms with van der Waals surface area (Å²) in [7, 11) is -4.21. The van der Waals surface area contributed by atoms with Gasteiger partial charge in [0, 0.05) is 0 Å². The van der Waals surface area contributed by atoms with Gasteiger partial charge in [-0.2, -0.15) is 0 Å². The van der Waals surface area contributed by atoms with Crippen LogP contribution < -0.4 is 10.6 Å². The number of thioether (sulfide) groups is 1. The second-order valence-electron chi connectivity index (χ2n) is 3.49. The van der Waals surface area contributed by atoms with Crippen molar-refractivity contribution in [1.82, 2.24) is 5.32 Å². The number of rotatable bonds is 2. The van der Waals surface area contributed by atoms with E-state index in [9.17, 15) is 9.36 Å². The van der Waals surface area contributed by atoms with Crippen LogP contribution in [0.5, 0.6) is 0 Å². The van der Waals surface area contributed by atoms with E-state index in [1.807, 2.05) is 0 Å². The normalized spacial score (nSPS) is 18.2. The monoisotopic (exact) mass is 301 g/mol. The Morgan fingerprint density at radius 2 is 1.89 bits per heavy atom. The SMILES string of the molecule is O=C1NC(=S)/C(=C/c2ccc(P(=O)(O)O)cc2)S1. The largest absolute Gasteiger partial charge is 0.356 e. The van der Waals surface area contributed by atoms with Gasteiger partial charge < -0.3 is 15.1 Å². The Hall–Kier alpha value is -0.980. The number of carbonyl (C=O) groups is 1. The summed E-state index contributed by atoms with van der Waals surface area (Å²) in [6.07, 6.45) is 1.69. The van der Waals surface area contributed by atoms with E-state index in [0.29, 0.717) is 15.5 Å². The minimum Gasteiger partial charge on any atom is -0.321 e. The van der Waals surface area contributed by atoms with Gasteiger partial charge in [0.25, 0.3) is 5.24 Å². The van der Waals surface area contributed by atoms with Crippen molar-refractivity contribution in [1.29, 1.82) is 0 Å². The molecule has 1 saturated heterocycles. The lowest BCUT2D eigenvalue weighted by Crippen LogP contribution is -2.15. The van der Waals surface area contributed by atoms with E-state index in [2.05, 4.69) is 5.32 Å². The van der Waals surface area contributed by atoms with Crippen molar-refractivity contribution in [3.63, 3.8) is 0 Å². The van der Waals surface area contributed by atoms with Crippen molar-refractivity contribution in [2.75, 3.05) is 0 Å². The highest BCUT2D eigenvalue weighted by Gasteiger charge is 2.21. The Morgan fingerprint density at radius 3 is 2.33 bits per heavy atom. The molecule has 2 rings (SSSR count). The molecule has 5 nitrogen and oxygen atoms in total. The first-order valence-corrected chi connectivity index (χ1v) is 7.61. The summed E-state index contributed by atoms with van der Waals surface area (Å²) in [6, 6.07) is 5.83. The molecule has 8 heteroatoms. The maximum atomic E-state index is 11.1. The average molecular weight is 301 g/mol. The predicted octanol–water partition coefficient (Wildman–Crippen LogP) is 1.61. The van der Waals surface area contributed by atoms with Gasteiger partial charge in [0.05, 0.1) is 10.2 Å². The van der Waals surface area contributed by atoms with Crippen molar-refractivity contribution in [2.45, 2.75) is 0 Å². The standard InChI is InChI=1S/C10H8NO4PS2/c12-10-11-9(17)8(18-10)5-6-1-3-7(4-2-6)16(13,14)15/h1-5H,(H,11,12,17)(H2,13,14,15)/b8-5-. The molecule has 1 fully saturated rings. The van der Waals surface area contributed by atoms with E-state index in [-0.39, 0.29) is 10.5 Å². The lowest BCUT2D eigenvalue weighted by molar-refractivity contribution is 0.265. The Morgan fingerprint density at radius 1 is 1.28 bits per heavy atom. The molecule has 0 unspecified atom stereocenters. The molecule has 0 bridgehead atoms. The summed E-state index contributed by atoms with van der Waals surface area (Å²) >= 11 is 5.95. The van der Waals surface area contributed by atoms with Gasteiger partial charge >= 0.3 is 7.60 Å². The van der Waals surface area contributed by atoms with Crippen LogP contribution in [-0.2, 0) is 4.57 Å². The molecule has 1 aliphatic rings. The third-order valence-electron chi connectivity index (χ3n) is 2.17. The van der Waals surface area contributed by atoms with E-state index >= 15 is 0 Å². The van der Waals surface area contributed by atoms with Crippen LogP contribution in [0.2, 0.25) is 0 Å². The number of carbonyl (C=O) groups excluding carboxylic acids is 1. The quantitative estimate of drug-likeness (QED) is 0.437. The van der Waals surface area contributed by atoms with Gasteiger partial charge in [0.1, 0.15) is 4.99 Å². The number of benzene rings is 1. The molecule has 0 radical (unpaired) electrons. The van der Waals surface area contributed by atoms with Crippen molar-refractivity contribution < 1.29 is 19.1 Å². The van der Waals surface area contributed by atoms with Crippen LogP contribution in [0.1, 0.15) is 5.56 Å². The van der Waals surface area contributed by atoms with Gasteiger partial charge in [0.15, 0.2) is 0 Å². The highest BCUT2D eigenvalue weighted by Crippen LogP contribution is 2.33. The van der Waals surface area contributed by atoms with Crippen molar-refractivity contribution in [3.05, 3.63) is 34.7 Å². The molecule has 0 saturated carbocycles. The molecule has 1 amide bonds. The van der Waals surface area contributed by atoms with Crippen LogP contribution in [0.15, 0.2) is 29.2 Å². The zero-order valence-corrected chi connectivity index (χ0v) is 11.4. The lowest BCUT2D eigenvalue weighted by atomic mass is 10.2. The minimum atomic E-state index is -4.21. The van der Waals surface area contributed by atoms with Gasteiger partial charge in [-0.05, 0) is 35.5 Å². The third-order valence-corrected chi connectivity index (χ3v) is 4.42. The zero-order valence-electron chi connectivity index (χ0n) is 8.86. The average Bonchev–Trinajstić information content (AvgIpc) is 2.57. The number of amides is 1. The summed E-state index contributed by atoms with van der Waals surface area (Å²) in [5, 5.41) is 2.22. The fraction of sp³-hybridized carbons (Fsp3) is 0. The molecule has 0 atom stereocenters. The van der Waals surface area contributed by atoms with Crippen LogP contribution in [0.25, 0.3) is 6.08 Å². The van der Waals surface area contributed by atoms with E-state index in [4.69, 9.17) is 22.0 Å². The van der Waals surface area contributed by atoms with Crippen LogP contribution in [-0.4, -0.2) is 20.0 Å². The number of hydrogen-bond donors (Lipinski definition) is 3. The van der Waals surface area contributed by atoms with Crippen molar-refractivity contribution >= 4 is 53.2 Å². The molecule has 94 valence electrons. The van der Waals surface area contributed by atoms with Crippen LogP contribution in [0.4, 0.5) is 4.79 Å². The fourth-order valence-electron chi connectivity index (χ4n) is 1.34. The molecule has 1 heterocycles. The molecule has 0 aliphatic carbocycles. The summed E-state index contributed by atoms with van der Waals surface area (Å²) in [5.41, 5.74) is 0.716. The van der Waals surface area contributed by atoms with Gasteiger partial charge in [0.2, 0.25) is 0 Å². The van der Waals surface area contributed by atoms with E-state index in [0.717, 1.165) is 11.8 Å². The molecule has 1 aliphatic heterocycles. The Kier molecular flexibility index (Phi) is 3.70. The molecule has 18 heavy (non-hydrogen) atoms. The molecule has 1 aromatic rings. The topological polar surface area (TPSA) is 86.6 Å². The third kappa shape index (κ3) is 3.07. The first kappa shape index (κ1) is 13.5. The zero-order chi connectivity index (χ0) is 13.3. The van der Waals surface area contributed by atoms with Crippen LogP contribution in [0.3, 0.4) is 0 Å². The van der Waals surface area contributed by atoms with E-state index in [1.54, 1.807) is 18.2 Å². The van der Waals surface area contributed by atoms with E-state index in [1.165, 1.54) is 12.1 Å². The second-order valence-corrected chi connectivity index (χ2v) is 6.52. The fourth-order valence-corrected chi connectivity index (χ4v) is 2.91. The molecule has 1 aromatic carbocycles. The molecule has 3 N–H and O–H groups in total. The first-order chi connectivity index (χ1) is 8.36. The van der Waals surface area contributed by atoms with Crippen LogP contribution >= 0.6 is 31.6 Å². The molecule has 0 aromatic heterocycles. The minimum absolute atomic E-state index is 0.0412. The van der Waals surface area contributed by atoms with Crippen molar-refractivity contribution in [2.24, 2.45) is 0 Å². The highest BCUT2D eigenvalue weighted by molar-refractivity contribution is 8.19. The smallest absolute Gasteiger partial charge is 0.321 e. The maximum Gasteiger partial charge on any atom is 0.356 e. The Bertz CT molecular complexity index is 590. The van der Waals surface area contributed by atoms with Gasteiger partial charge in [-0.25, -0.2) is 0 Å². The Balaban J connectivity index is 2.26. The summed E-state index contributed by atoms with van der Waals surface area (Å²) in [5.74, 6) is 0. The first-order valence-electron chi connectivity index (χ1n) is 4.77. The summed E-state index contributed by atoms with van der Waals surface area (Å²) < 4.78 is 11.0. The lowest BCUT2D eigenvalue weighted by Gasteiger charge is -2.03. The number of hydrogen-bond acceptors (Lipinski definition) is 4. The highest BCUT2D eigenvalue weighted by atomic mass is 32.2. The Labute approximate surface area is 112 Å². The van der Waals surface area contributed by atoms with Gasteiger partial charge in [-0.3, -0.25) is 9.36 Å². The predicted molar refractivity (Wildman–Crippen MR) is 74.8 cm³/mol.